The van der Waals surface area contributed by atoms with E-state index in [0.717, 1.165) is 54.9 Å². The summed E-state index contributed by atoms with van der Waals surface area (Å²) < 4.78 is 0. The Labute approximate surface area is 182 Å². The molecule has 1 saturated heterocycles. The van der Waals surface area contributed by atoms with Gasteiger partial charge >= 0.3 is 0 Å². The van der Waals surface area contributed by atoms with Crippen molar-refractivity contribution in [2.45, 2.75) is 32.2 Å². The van der Waals surface area contributed by atoms with Crippen LogP contribution in [0, 0.1) is 0 Å². The molecule has 0 aliphatic carbocycles. The summed E-state index contributed by atoms with van der Waals surface area (Å²) in [6, 6.07) is 13.6. The number of hydrogen-bond donors (Lipinski definition) is 1. The molecule has 0 bridgehead atoms. The third kappa shape index (κ3) is 4.42. The molecular weight excluding hydrogens is 398 g/mol. The Morgan fingerprint density at radius 3 is 2.57 bits per heavy atom. The molecule has 2 heterocycles. The van der Waals surface area contributed by atoms with Crippen LogP contribution in [0.3, 0.4) is 0 Å². The summed E-state index contributed by atoms with van der Waals surface area (Å²) in [4.78, 5) is 29.0. The molecule has 2 aromatic carbocycles. The van der Waals surface area contributed by atoms with Crippen molar-refractivity contribution in [2.75, 3.05) is 29.4 Å². The van der Waals surface area contributed by atoms with Crippen LogP contribution >= 0.6 is 11.6 Å². The van der Waals surface area contributed by atoms with Gasteiger partial charge in [-0.25, -0.2) is 0 Å². The number of anilines is 2. The van der Waals surface area contributed by atoms with Gasteiger partial charge in [0, 0.05) is 42.0 Å². The van der Waals surface area contributed by atoms with Crippen LogP contribution in [0.25, 0.3) is 6.08 Å². The van der Waals surface area contributed by atoms with E-state index in [-0.39, 0.29) is 17.9 Å². The molecule has 156 valence electrons. The average molecular weight is 424 g/mol. The fraction of sp³-hybridized carbons (Fsp3) is 0.333. The van der Waals surface area contributed by atoms with Gasteiger partial charge in [-0.3, -0.25) is 9.59 Å². The van der Waals surface area contributed by atoms with Crippen molar-refractivity contribution in [3.63, 3.8) is 0 Å². The van der Waals surface area contributed by atoms with Crippen LogP contribution in [0.2, 0.25) is 5.02 Å². The first-order valence-electron chi connectivity index (χ1n) is 10.4. The van der Waals surface area contributed by atoms with Crippen molar-refractivity contribution in [3.8, 4) is 0 Å². The predicted molar refractivity (Wildman–Crippen MR) is 122 cm³/mol. The standard InChI is InChI=1S/C24H26ClN3O2/c1-17(29)27-15-12-19-5-8-22(16-23(19)27)28(21-10-13-26-14-11-21)24(30)9-4-18-2-6-20(25)7-3-18/h2-9,16,21,26H,10-15H2,1H3/b9-4-. The highest BCUT2D eigenvalue weighted by Crippen LogP contribution is 2.34. The number of carbonyl (C=O) groups excluding carboxylic acids is 2. The first-order valence-corrected chi connectivity index (χ1v) is 10.8. The van der Waals surface area contributed by atoms with Gasteiger partial charge in [0.25, 0.3) is 5.91 Å². The van der Waals surface area contributed by atoms with Gasteiger partial charge in [0.2, 0.25) is 5.91 Å². The number of hydrogen-bond acceptors (Lipinski definition) is 3. The lowest BCUT2D eigenvalue weighted by molar-refractivity contribution is -0.116. The van der Waals surface area contributed by atoms with Gasteiger partial charge in [-0.05, 0) is 73.8 Å². The molecule has 2 amide bonds. The second kappa shape index (κ2) is 9.02. The second-order valence-electron chi connectivity index (χ2n) is 7.81. The minimum atomic E-state index is -0.0517. The van der Waals surface area contributed by atoms with E-state index in [1.165, 1.54) is 0 Å². The largest absolute Gasteiger partial charge is 0.317 e. The molecule has 6 heteroatoms. The predicted octanol–water partition coefficient (Wildman–Crippen LogP) is 4.05. The molecule has 0 spiro atoms. The van der Waals surface area contributed by atoms with E-state index in [4.69, 9.17) is 11.6 Å². The Morgan fingerprint density at radius 1 is 1.13 bits per heavy atom. The zero-order chi connectivity index (χ0) is 21.1. The number of fused-ring (bicyclic) bond motifs is 1. The molecule has 0 saturated carbocycles. The Kier molecular flexibility index (Phi) is 6.21. The summed E-state index contributed by atoms with van der Waals surface area (Å²) in [7, 11) is 0. The monoisotopic (exact) mass is 423 g/mol. The van der Waals surface area contributed by atoms with Gasteiger partial charge in [0.15, 0.2) is 0 Å². The molecule has 5 nitrogen and oxygen atoms in total. The molecule has 1 N–H and O–H groups in total. The highest BCUT2D eigenvalue weighted by Gasteiger charge is 2.28. The summed E-state index contributed by atoms with van der Waals surface area (Å²) in [6.07, 6.45) is 6.10. The van der Waals surface area contributed by atoms with E-state index < -0.39 is 0 Å². The molecule has 2 aliphatic rings. The molecule has 0 atom stereocenters. The minimum absolute atomic E-state index is 0.0354. The number of nitrogens with zero attached hydrogens (tertiary/aromatic N) is 2. The fourth-order valence-corrected chi connectivity index (χ4v) is 4.38. The minimum Gasteiger partial charge on any atom is -0.317 e. The van der Waals surface area contributed by atoms with Crippen molar-refractivity contribution in [2.24, 2.45) is 0 Å². The van der Waals surface area contributed by atoms with E-state index in [0.29, 0.717) is 11.6 Å². The highest BCUT2D eigenvalue weighted by molar-refractivity contribution is 6.30. The normalized spacial score (nSPS) is 16.7. The molecule has 2 aromatic rings. The number of nitrogens with one attached hydrogen (secondary N) is 1. The van der Waals surface area contributed by atoms with E-state index in [2.05, 4.69) is 11.4 Å². The Hall–Kier alpha value is -2.63. The van der Waals surface area contributed by atoms with Crippen molar-refractivity contribution in [1.29, 1.82) is 0 Å². The van der Waals surface area contributed by atoms with Gasteiger partial charge in [0.1, 0.15) is 0 Å². The molecular formula is C24H26ClN3O2. The zero-order valence-corrected chi connectivity index (χ0v) is 17.9. The molecule has 0 unspecified atom stereocenters. The van der Waals surface area contributed by atoms with Crippen molar-refractivity contribution >= 4 is 40.9 Å². The second-order valence-corrected chi connectivity index (χ2v) is 8.24. The van der Waals surface area contributed by atoms with Crippen LogP contribution in [-0.2, 0) is 16.0 Å². The highest BCUT2D eigenvalue weighted by atomic mass is 35.5. The van der Waals surface area contributed by atoms with Crippen LogP contribution < -0.4 is 15.1 Å². The van der Waals surface area contributed by atoms with Crippen LogP contribution in [0.1, 0.15) is 30.9 Å². The van der Waals surface area contributed by atoms with E-state index >= 15 is 0 Å². The number of amides is 2. The maximum Gasteiger partial charge on any atom is 0.251 e. The van der Waals surface area contributed by atoms with Crippen molar-refractivity contribution in [3.05, 3.63) is 64.7 Å². The lowest BCUT2D eigenvalue weighted by atomic mass is 10.0. The molecule has 1 fully saturated rings. The summed E-state index contributed by atoms with van der Waals surface area (Å²) >= 11 is 5.95. The fourth-order valence-electron chi connectivity index (χ4n) is 4.25. The maximum absolute atomic E-state index is 13.3. The number of piperidine rings is 1. The Morgan fingerprint density at radius 2 is 1.87 bits per heavy atom. The van der Waals surface area contributed by atoms with Crippen LogP contribution in [0.5, 0.6) is 0 Å². The first-order chi connectivity index (χ1) is 14.5. The lowest BCUT2D eigenvalue weighted by Crippen LogP contribution is -2.46. The summed E-state index contributed by atoms with van der Waals surface area (Å²) in [5, 5.41) is 4.03. The van der Waals surface area contributed by atoms with Gasteiger partial charge in [0.05, 0.1) is 0 Å². The maximum atomic E-state index is 13.3. The average Bonchev–Trinajstić information content (AvgIpc) is 3.18. The van der Waals surface area contributed by atoms with Crippen molar-refractivity contribution in [1.82, 2.24) is 5.32 Å². The van der Waals surface area contributed by atoms with E-state index in [9.17, 15) is 9.59 Å². The topological polar surface area (TPSA) is 52.7 Å². The number of halogens is 1. The first kappa shape index (κ1) is 20.6. The van der Waals surface area contributed by atoms with Crippen LogP contribution in [0.15, 0.2) is 48.5 Å². The molecule has 4 rings (SSSR count). The third-order valence-electron chi connectivity index (χ3n) is 5.82. The molecule has 30 heavy (non-hydrogen) atoms. The Balaban J connectivity index is 1.65. The number of rotatable bonds is 4. The van der Waals surface area contributed by atoms with Crippen molar-refractivity contribution < 1.29 is 9.59 Å². The van der Waals surface area contributed by atoms with Gasteiger partial charge in [-0.2, -0.15) is 0 Å². The zero-order valence-electron chi connectivity index (χ0n) is 17.1. The van der Waals surface area contributed by atoms with Gasteiger partial charge in [-0.1, -0.05) is 29.8 Å². The smallest absolute Gasteiger partial charge is 0.251 e. The number of benzene rings is 2. The third-order valence-corrected chi connectivity index (χ3v) is 6.07. The summed E-state index contributed by atoms with van der Waals surface area (Å²) in [5.74, 6) is -0.0163. The lowest BCUT2D eigenvalue weighted by Gasteiger charge is -2.34. The quantitative estimate of drug-likeness (QED) is 0.755. The van der Waals surface area contributed by atoms with E-state index in [1.807, 2.05) is 47.4 Å². The summed E-state index contributed by atoms with van der Waals surface area (Å²) in [5.41, 5.74) is 3.85. The van der Waals surface area contributed by atoms with Crippen LogP contribution in [-0.4, -0.2) is 37.5 Å². The van der Waals surface area contributed by atoms with Gasteiger partial charge < -0.3 is 15.1 Å². The Bertz CT molecular complexity index is 965. The molecule has 0 aromatic heterocycles. The SMILES string of the molecule is CC(=O)N1CCc2ccc(N(C(=O)/C=C\c3ccc(Cl)cc3)C3CCNCC3)cc21. The summed E-state index contributed by atoms with van der Waals surface area (Å²) in [6.45, 7) is 4.07. The number of carbonyl (C=O) groups is 2. The van der Waals surface area contributed by atoms with Crippen LogP contribution in [0.4, 0.5) is 11.4 Å². The molecule has 0 radical (unpaired) electrons. The molecule has 2 aliphatic heterocycles. The van der Waals surface area contributed by atoms with Gasteiger partial charge in [-0.15, -0.1) is 0 Å². The van der Waals surface area contributed by atoms with E-state index in [1.54, 1.807) is 17.9 Å².